The van der Waals surface area contributed by atoms with Crippen molar-refractivity contribution < 1.29 is 4.79 Å². The van der Waals surface area contributed by atoms with Gasteiger partial charge in [-0.25, -0.2) is 0 Å². The monoisotopic (exact) mass is 244 g/mol. The van der Waals surface area contributed by atoms with E-state index in [0.717, 1.165) is 11.4 Å². The van der Waals surface area contributed by atoms with E-state index >= 15 is 0 Å². The van der Waals surface area contributed by atoms with Gasteiger partial charge in [0.05, 0.1) is 11.8 Å². The van der Waals surface area contributed by atoms with Crippen molar-refractivity contribution in [1.82, 2.24) is 10.2 Å². The number of carbonyl (C=O) groups excluding carboxylic acids is 1. The maximum atomic E-state index is 12.4. The third-order valence-electron chi connectivity index (χ3n) is 2.80. The number of nitrogens with zero attached hydrogens (tertiary/aromatic N) is 2. The SMILES string of the molecule is CCN(C(=O)c1cn[nH]c1C)c1cccc(N)c1. The highest BCUT2D eigenvalue weighted by molar-refractivity contribution is 6.06. The number of rotatable bonds is 3. The Hall–Kier alpha value is -2.30. The third-order valence-corrected chi connectivity index (χ3v) is 2.80. The number of amides is 1. The van der Waals surface area contributed by atoms with Crippen LogP contribution in [0.5, 0.6) is 0 Å². The number of nitrogens with two attached hydrogens (primary N) is 1. The van der Waals surface area contributed by atoms with Gasteiger partial charge in [0.15, 0.2) is 0 Å². The lowest BCUT2D eigenvalue weighted by Gasteiger charge is -2.21. The zero-order valence-corrected chi connectivity index (χ0v) is 10.5. The molecule has 0 unspecified atom stereocenters. The Kier molecular flexibility index (Phi) is 3.32. The van der Waals surface area contributed by atoms with Gasteiger partial charge in [0, 0.05) is 23.6 Å². The minimum absolute atomic E-state index is 0.0747. The first kappa shape index (κ1) is 12.2. The highest BCUT2D eigenvalue weighted by atomic mass is 16.2. The predicted molar refractivity (Wildman–Crippen MR) is 71.5 cm³/mol. The molecule has 0 fully saturated rings. The van der Waals surface area contributed by atoms with Crippen LogP contribution in [0.1, 0.15) is 23.0 Å². The second kappa shape index (κ2) is 4.91. The van der Waals surface area contributed by atoms with Gasteiger partial charge in [0.2, 0.25) is 0 Å². The molecule has 1 aromatic heterocycles. The molecular formula is C13H16N4O. The quantitative estimate of drug-likeness (QED) is 0.810. The van der Waals surface area contributed by atoms with E-state index in [1.54, 1.807) is 23.2 Å². The number of nitrogen functional groups attached to an aromatic ring is 1. The summed E-state index contributed by atoms with van der Waals surface area (Å²) in [4.78, 5) is 14.1. The van der Waals surface area contributed by atoms with Crippen LogP contribution in [-0.2, 0) is 0 Å². The van der Waals surface area contributed by atoms with Crippen molar-refractivity contribution in [3.63, 3.8) is 0 Å². The van der Waals surface area contributed by atoms with Crippen molar-refractivity contribution in [3.8, 4) is 0 Å². The number of hydrogen-bond donors (Lipinski definition) is 2. The fraction of sp³-hybridized carbons (Fsp3) is 0.231. The number of aryl methyl sites for hydroxylation is 1. The Morgan fingerprint density at radius 2 is 2.28 bits per heavy atom. The molecule has 5 heteroatoms. The van der Waals surface area contributed by atoms with Crippen LogP contribution in [-0.4, -0.2) is 22.6 Å². The van der Waals surface area contributed by atoms with Crippen LogP contribution >= 0.6 is 0 Å². The molecule has 2 rings (SSSR count). The molecule has 0 saturated carbocycles. The lowest BCUT2D eigenvalue weighted by molar-refractivity contribution is 0.0988. The maximum absolute atomic E-state index is 12.4. The van der Waals surface area contributed by atoms with Crippen molar-refractivity contribution in [1.29, 1.82) is 0 Å². The molecule has 2 aromatic rings. The van der Waals surface area contributed by atoms with Crippen LogP contribution in [0.25, 0.3) is 0 Å². The largest absolute Gasteiger partial charge is 0.399 e. The Morgan fingerprint density at radius 3 is 2.83 bits per heavy atom. The highest BCUT2D eigenvalue weighted by Crippen LogP contribution is 2.20. The molecule has 1 aromatic carbocycles. The fourth-order valence-corrected chi connectivity index (χ4v) is 1.85. The van der Waals surface area contributed by atoms with Crippen molar-refractivity contribution in [2.75, 3.05) is 17.2 Å². The Morgan fingerprint density at radius 1 is 1.50 bits per heavy atom. The van der Waals surface area contributed by atoms with E-state index in [4.69, 9.17) is 5.73 Å². The molecule has 0 aliphatic rings. The van der Waals surface area contributed by atoms with Gasteiger partial charge in [-0.05, 0) is 32.0 Å². The summed E-state index contributed by atoms with van der Waals surface area (Å²) >= 11 is 0. The molecule has 0 aliphatic heterocycles. The van der Waals surface area contributed by atoms with Crippen molar-refractivity contribution >= 4 is 17.3 Å². The number of benzene rings is 1. The van der Waals surface area contributed by atoms with Crippen LogP contribution < -0.4 is 10.6 Å². The molecule has 0 aliphatic carbocycles. The molecule has 5 nitrogen and oxygen atoms in total. The average molecular weight is 244 g/mol. The molecule has 3 N–H and O–H groups in total. The zero-order chi connectivity index (χ0) is 13.1. The minimum atomic E-state index is -0.0747. The van der Waals surface area contributed by atoms with Gasteiger partial charge in [0.25, 0.3) is 5.91 Å². The maximum Gasteiger partial charge on any atom is 0.261 e. The van der Waals surface area contributed by atoms with E-state index in [2.05, 4.69) is 10.2 Å². The first-order chi connectivity index (χ1) is 8.63. The second-order valence-electron chi connectivity index (χ2n) is 4.05. The van der Waals surface area contributed by atoms with E-state index in [-0.39, 0.29) is 5.91 Å². The number of carbonyl (C=O) groups is 1. The summed E-state index contributed by atoms with van der Waals surface area (Å²) in [5, 5.41) is 6.64. The van der Waals surface area contributed by atoms with E-state index in [0.29, 0.717) is 17.8 Å². The predicted octanol–water partition coefficient (Wildman–Crippen LogP) is 1.97. The van der Waals surface area contributed by atoms with E-state index in [1.807, 2.05) is 26.0 Å². The van der Waals surface area contributed by atoms with Gasteiger partial charge in [0.1, 0.15) is 0 Å². The number of aromatic amines is 1. The van der Waals surface area contributed by atoms with Gasteiger partial charge in [-0.15, -0.1) is 0 Å². The van der Waals surface area contributed by atoms with Gasteiger partial charge in [-0.1, -0.05) is 6.07 Å². The van der Waals surface area contributed by atoms with Crippen molar-refractivity contribution in [2.45, 2.75) is 13.8 Å². The summed E-state index contributed by atoms with van der Waals surface area (Å²) in [6.07, 6.45) is 1.55. The summed E-state index contributed by atoms with van der Waals surface area (Å²) in [7, 11) is 0. The fourth-order valence-electron chi connectivity index (χ4n) is 1.85. The van der Waals surface area contributed by atoms with Crippen molar-refractivity contribution in [2.24, 2.45) is 0 Å². The molecule has 94 valence electrons. The lowest BCUT2D eigenvalue weighted by Crippen LogP contribution is -2.30. The number of hydrogen-bond acceptors (Lipinski definition) is 3. The summed E-state index contributed by atoms with van der Waals surface area (Å²) < 4.78 is 0. The van der Waals surface area contributed by atoms with Crippen LogP contribution in [0, 0.1) is 6.92 Å². The van der Waals surface area contributed by atoms with E-state index in [9.17, 15) is 4.79 Å². The zero-order valence-electron chi connectivity index (χ0n) is 10.5. The smallest absolute Gasteiger partial charge is 0.261 e. The number of anilines is 2. The van der Waals surface area contributed by atoms with E-state index in [1.165, 1.54) is 0 Å². The topological polar surface area (TPSA) is 75.0 Å². The lowest BCUT2D eigenvalue weighted by atomic mass is 10.2. The minimum Gasteiger partial charge on any atom is -0.399 e. The Labute approximate surface area is 106 Å². The molecular weight excluding hydrogens is 228 g/mol. The van der Waals surface area contributed by atoms with Crippen LogP contribution in [0.15, 0.2) is 30.5 Å². The standard InChI is InChI=1S/C13H16N4O/c1-3-17(11-6-4-5-10(14)7-11)13(18)12-8-15-16-9(12)2/h4-8H,3,14H2,1-2H3,(H,15,16). The summed E-state index contributed by atoms with van der Waals surface area (Å²) in [5.74, 6) is -0.0747. The van der Waals surface area contributed by atoms with Gasteiger partial charge >= 0.3 is 0 Å². The first-order valence-electron chi connectivity index (χ1n) is 5.81. The van der Waals surface area contributed by atoms with Crippen LogP contribution in [0.3, 0.4) is 0 Å². The highest BCUT2D eigenvalue weighted by Gasteiger charge is 2.19. The molecule has 1 heterocycles. The van der Waals surface area contributed by atoms with Gasteiger partial charge in [-0.2, -0.15) is 5.10 Å². The van der Waals surface area contributed by atoms with Crippen LogP contribution in [0.2, 0.25) is 0 Å². The summed E-state index contributed by atoms with van der Waals surface area (Å²) in [5.41, 5.74) is 8.53. The number of H-pyrrole nitrogens is 1. The van der Waals surface area contributed by atoms with E-state index < -0.39 is 0 Å². The van der Waals surface area contributed by atoms with Gasteiger partial charge < -0.3 is 10.6 Å². The normalized spacial score (nSPS) is 10.3. The molecule has 1 amide bonds. The van der Waals surface area contributed by atoms with Crippen molar-refractivity contribution in [3.05, 3.63) is 41.7 Å². The number of nitrogens with one attached hydrogen (secondary N) is 1. The molecule has 18 heavy (non-hydrogen) atoms. The second-order valence-corrected chi connectivity index (χ2v) is 4.05. The molecule has 0 saturated heterocycles. The average Bonchev–Trinajstić information content (AvgIpc) is 2.76. The summed E-state index contributed by atoms with van der Waals surface area (Å²) in [6, 6.07) is 7.29. The summed E-state index contributed by atoms with van der Waals surface area (Å²) in [6.45, 7) is 4.33. The molecule has 0 bridgehead atoms. The molecule has 0 radical (unpaired) electrons. The van der Waals surface area contributed by atoms with Gasteiger partial charge in [-0.3, -0.25) is 9.89 Å². The van der Waals surface area contributed by atoms with Crippen LogP contribution in [0.4, 0.5) is 11.4 Å². The Bertz CT molecular complexity index is 562. The number of aromatic nitrogens is 2. The molecule has 0 atom stereocenters. The third kappa shape index (κ3) is 2.20. The Balaban J connectivity index is 2.35. The first-order valence-corrected chi connectivity index (χ1v) is 5.81. The molecule has 0 spiro atoms.